The molecule has 0 aliphatic carbocycles. The molecule has 3 rings (SSSR count). The van der Waals surface area contributed by atoms with Gasteiger partial charge in [0.1, 0.15) is 0 Å². The summed E-state index contributed by atoms with van der Waals surface area (Å²) in [5.41, 5.74) is 1.41. The second kappa shape index (κ2) is 5.36. The molecule has 0 spiro atoms. The van der Waals surface area contributed by atoms with Crippen molar-refractivity contribution in [2.45, 2.75) is 38.9 Å². The minimum absolute atomic E-state index is 0.384. The Kier molecular flexibility index (Phi) is 3.86. The normalized spacial score (nSPS) is 19.3. The molecule has 5 nitrogen and oxygen atoms in total. The topological polar surface area (TPSA) is 60.6 Å². The van der Waals surface area contributed by atoms with Crippen LogP contribution >= 0.6 is 15.9 Å². The quantitative estimate of drug-likeness (QED) is 0.643. The second-order valence-corrected chi connectivity index (χ2v) is 7.47. The lowest BCUT2D eigenvalue weighted by molar-refractivity contribution is 0.00578. The van der Waals surface area contributed by atoms with Gasteiger partial charge >= 0.3 is 13.1 Å². The number of ether oxygens (including phenoxy) is 1. The van der Waals surface area contributed by atoms with E-state index in [1.165, 1.54) is 7.11 Å². The molecule has 0 radical (unpaired) electrons. The van der Waals surface area contributed by atoms with Crippen molar-refractivity contribution in [3.05, 3.63) is 28.4 Å². The van der Waals surface area contributed by atoms with Crippen LogP contribution in [0.5, 0.6) is 0 Å². The zero-order chi connectivity index (χ0) is 17.0. The summed E-state index contributed by atoms with van der Waals surface area (Å²) in [7, 11) is 0.911. The molecule has 0 atom stereocenters. The number of fused-ring (bicyclic) bond motifs is 1. The molecule has 1 N–H and O–H groups in total. The van der Waals surface area contributed by atoms with E-state index in [0.717, 1.165) is 16.4 Å². The summed E-state index contributed by atoms with van der Waals surface area (Å²) < 4.78 is 17.7. The van der Waals surface area contributed by atoms with Crippen LogP contribution in [0.2, 0.25) is 0 Å². The molecule has 1 aromatic heterocycles. The van der Waals surface area contributed by atoms with Crippen LogP contribution in [0.25, 0.3) is 10.9 Å². The van der Waals surface area contributed by atoms with Gasteiger partial charge in [-0.2, -0.15) is 0 Å². The van der Waals surface area contributed by atoms with Gasteiger partial charge in [-0.25, -0.2) is 4.79 Å². The lowest BCUT2D eigenvalue weighted by Gasteiger charge is -2.32. The van der Waals surface area contributed by atoms with Gasteiger partial charge in [-0.1, -0.05) is 6.07 Å². The molecular formula is C16H19BBrNO4. The third-order valence-electron chi connectivity index (χ3n) is 4.74. The van der Waals surface area contributed by atoms with Crippen molar-refractivity contribution in [3.8, 4) is 0 Å². The third-order valence-corrected chi connectivity index (χ3v) is 5.56. The zero-order valence-electron chi connectivity index (χ0n) is 13.8. The lowest BCUT2D eigenvalue weighted by atomic mass is 9.79. The van der Waals surface area contributed by atoms with E-state index < -0.39 is 18.3 Å². The average Bonchev–Trinajstić information content (AvgIpc) is 2.98. The Morgan fingerprint density at radius 2 is 1.83 bits per heavy atom. The average molecular weight is 380 g/mol. The zero-order valence-corrected chi connectivity index (χ0v) is 15.4. The van der Waals surface area contributed by atoms with Crippen LogP contribution in [-0.2, 0) is 14.0 Å². The molecule has 1 saturated heterocycles. The molecule has 7 heteroatoms. The Morgan fingerprint density at radius 1 is 1.22 bits per heavy atom. The van der Waals surface area contributed by atoms with E-state index >= 15 is 0 Å². The summed E-state index contributed by atoms with van der Waals surface area (Å²) in [6, 6.07) is 3.62. The van der Waals surface area contributed by atoms with E-state index in [2.05, 4.69) is 20.9 Å². The predicted octanol–water partition coefficient (Wildman–Crippen LogP) is 3.02. The number of methoxy groups -OCH3 is 1. The van der Waals surface area contributed by atoms with Gasteiger partial charge in [0, 0.05) is 17.0 Å². The Balaban J connectivity index is 2.05. The summed E-state index contributed by atoms with van der Waals surface area (Å²) in [5, 5.41) is 0.947. The standard InChI is InChI=1S/C16H19BBrNO4/c1-15(2)16(3,4)23-17(22-15)11-8-19-13-9(11)6-7-10(12(13)18)14(20)21-5/h6-8,19H,1-5H3. The smallest absolute Gasteiger partial charge is 0.465 e. The van der Waals surface area contributed by atoms with E-state index in [0.29, 0.717) is 10.0 Å². The van der Waals surface area contributed by atoms with Gasteiger partial charge < -0.3 is 19.0 Å². The predicted molar refractivity (Wildman–Crippen MR) is 93.1 cm³/mol. The number of carbonyl (C=O) groups is 1. The van der Waals surface area contributed by atoms with Crippen LogP contribution < -0.4 is 5.46 Å². The van der Waals surface area contributed by atoms with Crippen molar-refractivity contribution in [2.24, 2.45) is 0 Å². The molecule has 2 aromatic rings. The van der Waals surface area contributed by atoms with Crippen LogP contribution in [0.15, 0.2) is 22.8 Å². The van der Waals surface area contributed by atoms with Crippen LogP contribution in [0.3, 0.4) is 0 Å². The highest BCUT2D eigenvalue weighted by molar-refractivity contribution is 9.10. The third kappa shape index (κ3) is 2.51. The van der Waals surface area contributed by atoms with Crippen LogP contribution in [0.4, 0.5) is 0 Å². The summed E-state index contributed by atoms with van der Waals surface area (Å²) in [5.74, 6) is -0.384. The molecule has 122 valence electrons. The number of hydrogen-bond acceptors (Lipinski definition) is 4. The van der Waals surface area contributed by atoms with E-state index in [9.17, 15) is 4.79 Å². The highest BCUT2D eigenvalue weighted by Crippen LogP contribution is 2.37. The largest absolute Gasteiger partial charge is 0.497 e. The summed E-state index contributed by atoms with van der Waals surface area (Å²) in [6.07, 6.45) is 1.86. The highest BCUT2D eigenvalue weighted by Gasteiger charge is 2.52. The second-order valence-electron chi connectivity index (χ2n) is 6.67. The maximum Gasteiger partial charge on any atom is 0.497 e. The SMILES string of the molecule is COC(=O)c1ccc2c(B3OC(C)(C)C(C)(C)O3)c[nH]c2c1Br. The molecule has 0 amide bonds. The Morgan fingerprint density at radius 3 is 2.39 bits per heavy atom. The molecular weight excluding hydrogens is 361 g/mol. The van der Waals surface area contributed by atoms with Crippen molar-refractivity contribution < 1.29 is 18.8 Å². The van der Waals surface area contributed by atoms with Crippen LogP contribution in [0, 0.1) is 0 Å². The highest BCUT2D eigenvalue weighted by atomic mass is 79.9. The molecule has 2 heterocycles. The molecule has 1 aromatic carbocycles. The fourth-order valence-corrected chi connectivity index (χ4v) is 3.24. The maximum atomic E-state index is 11.8. The van der Waals surface area contributed by atoms with E-state index in [4.69, 9.17) is 14.0 Å². The summed E-state index contributed by atoms with van der Waals surface area (Å²) in [4.78, 5) is 15.0. The van der Waals surface area contributed by atoms with Gasteiger partial charge in [0.25, 0.3) is 0 Å². The van der Waals surface area contributed by atoms with Crippen molar-refractivity contribution in [2.75, 3.05) is 7.11 Å². The van der Waals surface area contributed by atoms with Gasteiger partial charge in [-0.3, -0.25) is 0 Å². The number of aromatic amines is 1. The number of hydrogen-bond donors (Lipinski definition) is 1. The number of esters is 1. The fourth-order valence-electron chi connectivity index (χ4n) is 2.62. The van der Waals surface area contributed by atoms with Gasteiger partial charge in [-0.15, -0.1) is 0 Å². The number of H-pyrrole nitrogens is 1. The number of halogens is 1. The first-order chi connectivity index (χ1) is 10.7. The van der Waals surface area contributed by atoms with Crippen molar-refractivity contribution >= 4 is 45.4 Å². The number of nitrogens with one attached hydrogen (secondary N) is 1. The van der Waals surface area contributed by atoms with Crippen LogP contribution in [0.1, 0.15) is 38.1 Å². The molecule has 0 bridgehead atoms. The first-order valence-electron chi connectivity index (χ1n) is 7.41. The first kappa shape index (κ1) is 16.5. The minimum atomic E-state index is -0.454. The van der Waals surface area contributed by atoms with Crippen molar-refractivity contribution in [3.63, 3.8) is 0 Å². The monoisotopic (exact) mass is 379 g/mol. The molecule has 1 aliphatic heterocycles. The number of benzene rings is 1. The Hall–Kier alpha value is -1.31. The Labute approximate surface area is 143 Å². The molecule has 0 unspecified atom stereocenters. The molecule has 0 saturated carbocycles. The van der Waals surface area contributed by atoms with E-state index in [-0.39, 0.29) is 5.97 Å². The van der Waals surface area contributed by atoms with Gasteiger partial charge in [0.05, 0.1) is 33.9 Å². The summed E-state index contributed by atoms with van der Waals surface area (Å²) >= 11 is 3.48. The van der Waals surface area contributed by atoms with Crippen LogP contribution in [-0.4, -0.2) is 36.4 Å². The Bertz CT molecular complexity index is 768. The maximum absolute atomic E-state index is 11.8. The molecule has 1 fully saturated rings. The van der Waals surface area contributed by atoms with Crippen molar-refractivity contribution in [1.29, 1.82) is 0 Å². The lowest BCUT2D eigenvalue weighted by Crippen LogP contribution is -2.41. The van der Waals surface area contributed by atoms with E-state index in [1.54, 1.807) is 6.07 Å². The number of rotatable bonds is 2. The molecule has 1 aliphatic rings. The fraction of sp³-hybridized carbons (Fsp3) is 0.438. The minimum Gasteiger partial charge on any atom is -0.465 e. The van der Waals surface area contributed by atoms with Crippen molar-refractivity contribution in [1.82, 2.24) is 4.98 Å². The summed E-state index contributed by atoms with van der Waals surface area (Å²) in [6.45, 7) is 8.08. The number of aromatic nitrogens is 1. The first-order valence-corrected chi connectivity index (χ1v) is 8.20. The van der Waals surface area contributed by atoms with E-state index in [1.807, 2.05) is 40.0 Å². The van der Waals surface area contributed by atoms with Gasteiger partial charge in [0.15, 0.2) is 0 Å². The van der Waals surface area contributed by atoms with Gasteiger partial charge in [-0.05, 0) is 49.7 Å². The molecule has 23 heavy (non-hydrogen) atoms. The van der Waals surface area contributed by atoms with Gasteiger partial charge in [0.2, 0.25) is 0 Å². The number of carbonyl (C=O) groups excluding carboxylic acids is 1.